The van der Waals surface area contributed by atoms with Gasteiger partial charge in [0.05, 0.1) is 6.54 Å². The molecule has 0 saturated carbocycles. The molecular formula is C13H20N6O. The monoisotopic (exact) mass is 276 g/mol. The van der Waals surface area contributed by atoms with Gasteiger partial charge in [-0.05, 0) is 26.0 Å². The van der Waals surface area contributed by atoms with Crippen LogP contribution < -0.4 is 10.2 Å². The number of hydrogen-bond acceptors (Lipinski definition) is 5. The Morgan fingerprint density at radius 2 is 2.10 bits per heavy atom. The van der Waals surface area contributed by atoms with Crippen LogP contribution in [0.25, 0.3) is 5.65 Å². The van der Waals surface area contributed by atoms with Crippen molar-refractivity contribution in [2.75, 3.05) is 24.5 Å². The summed E-state index contributed by atoms with van der Waals surface area (Å²) in [7, 11) is 0. The van der Waals surface area contributed by atoms with Gasteiger partial charge in [0.1, 0.15) is 5.82 Å². The first-order valence-corrected chi connectivity index (χ1v) is 6.92. The molecule has 0 unspecified atom stereocenters. The molecule has 2 aromatic rings. The molecular weight excluding hydrogens is 256 g/mol. The van der Waals surface area contributed by atoms with Crippen molar-refractivity contribution in [3.8, 4) is 0 Å². The fraction of sp³-hybridized carbons (Fsp3) is 0.538. The summed E-state index contributed by atoms with van der Waals surface area (Å²) in [5.41, 5.74) is 0.722. The number of hydrogen-bond donors (Lipinski definition) is 1. The van der Waals surface area contributed by atoms with Crippen molar-refractivity contribution >= 4 is 17.4 Å². The van der Waals surface area contributed by atoms with Crippen molar-refractivity contribution in [2.45, 2.75) is 27.2 Å². The van der Waals surface area contributed by atoms with Gasteiger partial charge in [0, 0.05) is 19.5 Å². The summed E-state index contributed by atoms with van der Waals surface area (Å²) in [4.78, 5) is 13.6. The molecule has 0 aliphatic carbocycles. The van der Waals surface area contributed by atoms with Gasteiger partial charge in [-0.1, -0.05) is 6.92 Å². The maximum absolute atomic E-state index is 11.7. The highest BCUT2D eigenvalue weighted by molar-refractivity contribution is 5.80. The summed E-state index contributed by atoms with van der Waals surface area (Å²) in [6, 6.07) is 3.74. The zero-order valence-electron chi connectivity index (χ0n) is 12.1. The minimum Gasteiger partial charge on any atom is -0.355 e. The van der Waals surface area contributed by atoms with E-state index in [2.05, 4.69) is 20.6 Å². The molecule has 0 atom stereocenters. The number of aryl methyl sites for hydroxylation is 1. The van der Waals surface area contributed by atoms with Crippen LogP contribution in [0.4, 0.5) is 5.82 Å². The number of aromatic nitrogens is 4. The van der Waals surface area contributed by atoms with Crippen molar-refractivity contribution < 1.29 is 4.79 Å². The van der Waals surface area contributed by atoms with Crippen molar-refractivity contribution in [1.82, 2.24) is 25.1 Å². The number of carbonyl (C=O) groups is 1. The van der Waals surface area contributed by atoms with Gasteiger partial charge in [-0.15, -0.1) is 15.3 Å². The molecule has 0 spiro atoms. The highest BCUT2D eigenvalue weighted by Gasteiger charge is 2.13. The van der Waals surface area contributed by atoms with Crippen molar-refractivity contribution in [3.05, 3.63) is 18.0 Å². The second kappa shape index (κ2) is 6.31. The fourth-order valence-corrected chi connectivity index (χ4v) is 1.99. The van der Waals surface area contributed by atoms with Crippen LogP contribution >= 0.6 is 0 Å². The largest absolute Gasteiger partial charge is 0.355 e. The molecule has 0 fully saturated rings. The van der Waals surface area contributed by atoms with Gasteiger partial charge < -0.3 is 10.2 Å². The van der Waals surface area contributed by atoms with E-state index in [1.165, 1.54) is 0 Å². The van der Waals surface area contributed by atoms with Gasteiger partial charge in [0.25, 0.3) is 0 Å². The van der Waals surface area contributed by atoms with E-state index in [0.717, 1.165) is 23.7 Å². The Morgan fingerprint density at radius 3 is 2.75 bits per heavy atom. The van der Waals surface area contributed by atoms with E-state index in [0.29, 0.717) is 19.6 Å². The molecule has 2 aromatic heterocycles. The third-order valence-electron chi connectivity index (χ3n) is 3.04. The Kier molecular flexibility index (Phi) is 4.49. The highest BCUT2D eigenvalue weighted by Crippen LogP contribution is 2.12. The lowest BCUT2D eigenvalue weighted by Crippen LogP contribution is -2.37. The third-order valence-corrected chi connectivity index (χ3v) is 3.04. The molecule has 0 aliphatic rings. The second-order valence-corrected chi connectivity index (χ2v) is 4.40. The second-order valence-electron chi connectivity index (χ2n) is 4.40. The predicted octanol–water partition coefficient (Wildman–Crippen LogP) is 0.649. The molecule has 1 amide bonds. The molecule has 20 heavy (non-hydrogen) atoms. The third kappa shape index (κ3) is 2.87. The number of likely N-dealkylation sites (N-methyl/N-ethyl adjacent to an activating group) is 2. The number of nitrogens with zero attached hydrogens (tertiary/aromatic N) is 5. The van der Waals surface area contributed by atoms with E-state index < -0.39 is 0 Å². The number of rotatable bonds is 6. The van der Waals surface area contributed by atoms with E-state index in [1.54, 1.807) is 4.52 Å². The van der Waals surface area contributed by atoms with Gasteiger partial charge in [-0.3, -0.25) is 4.79 Å². The van der Waals surface area contributed by atoms with Crippen LogP contribution in [-0.4, -0.2) is 45.4 Å². The van der Waals surface area contributed by atoms with E-state index in [1.807, 2.05) is 37.8 Å². The minimum atomic E-state index is -0.00396. The quantitative estimate of drug-likeness (QED) is 0.838. The number of nitrogens with one attached hydrogen (secondary N) is 1. The first kappa shape index (κ1) is 14.2. The van der Waals surface area contributed by atoms with Crippen LogP contribution in [0.3, 0.4) is 0 Å². The summed E-state index contributed by atoms with van der Waals surface area (Å²) < 4.78 is 1.73. The van der Waals surface area contributed by atoms with Gasteiger partial charge >= 0.3 is 0 Å². The molecule has 2 heterocycles. The molecule has 0 aromatic carbocycles. The lowest BCUT2D eigenvalue weighted by molar-refractivity contribution is -0.119. The number of fused-ring (bicyclic) bond motifs is 1. The van der Waals surface area contributed by atoms with Gasteiger partial charge in [-0.25, -0.2) is 0 Å². The Labute approximate surface area is 118 Å². The average molecular weight is 276 g/mol. The minimum absolute atomic E-state index is 0.00396. The summed E-state index contributed by atoms with van der Waals surface area (Å²) >= 11 is 0. The standard InChI is InChI=1S/C13H20N6O/c1-4-10-15-16-11-7-8-12(17-19(10)11)18(6-3)9-13(20)14-5-2/h7-8H,4-6,9H2,1-3H3,(H,14,20). The topological polar surface area (TPSA) is 75.4 Å². The molecule has 1 N–H and O–H groups in total. The molecule has 7 nitrogen and oxygen atoms in total. The molecule has 0 bridgehead atoms. The van der Waals surface area contributed by atoms with Gasteiger partial charge in [-0.2, -0.15) is 4.52 Å². The Morgan fingerprint density at radius 1 is 1.30 bits per heavy atom. The highest BCUT2D eigenvalue weighted by atomic mass is 16.2. The first-order chi connectivity index (χ1) is 9.69. The van der Waals surface area contributed by atoms with E-state index >= 15 is 0 Å². The van der Waals surface area contributed by atoms with E-state index in [4.69, 9.17) is 0 Å². The molecule has 0 radical (unpaired) electrons. The van der Waals surface area contributed by atoms with Crippen molar-refractivity contribution in [3.63, 3.8) is 0 Å². The van der Waals surface area contributed by atoms with E-state index in [-0.39, 0.29) is 5.91 Å². The van der Waals surface area contributed by atoms with Crippen molar-refractivity contribution in [2.24, 2.45) is 0 Å². The normalized spacial score (nSPS) is 10.8. The van der Waals surface area contributed by atoms with Crippen LogP contribution in [0, 0.1) is 0 Å². The number of amides is 1. The van der Waals surface area contributed by atoms with Crippen LogP contribution in [0.5, 0.6) is 0 Å². The lowest BCUT2D eigenvalue weighted by Gasteiger charge is -2.21. The number of anilines is 1. The van der Waals surface area contributed by atoms with Crippen LogP contribution in [0.2, 0.25) is 0 Å². The SMILES string of the molecule is CCNC(=O)CN(CC)c1ccc2nnc(CC)n2n1. The molecule has 2 rings (SSSR count). The summed E-state index contributed by atoms with van der Waals surface area (Å²) in [6.07, 6.45) is 0.764. The maximum Gasteiger partial charge on any atom is 0.239 e. The zero-order chi connectivity index (χ0) is 14.5. The van der Waals surface area contributed by atoms with Crippen LogP contribution in [0.15, 0.2) is 12.1 Å². The molecule has 0 saturated heterocycles. The zero-order valence-corrected chi connectivity index (χ0v) is 12.1. The molecule has 0 aliphatic heterocycles. The van der Waals surface area contributed by atoms with Crippen molar-refractivity contribution in [1.29, 1.82) is 0 Å². The Bertz CT molecular complexity index is 594. The fourth-order valence-electron chi connectivity index (χ4n) is 1.99. The van der Waals surface area contributed by atoms with Gasteiger partial charge in [0.15, 0.2) is 11.5 Å². The predicted molar refractivity (Wildman–Crippen MR) is 76.7 cm³/mol. The molecule has 108 valence electrons. The first-order valence-electron chi connectivity index (χ1n) is 6.92. The smallest absolute Gasteiger partial charge is 0.239 e. The van der Waals surface area contributed by atoms with Gasteiger partial charge in [0.2, 0.25) is 5.91 Å². The Hall–Kier alpha value is -2.18. The molecule has 7 heteroatoms. The number of carbonyl (C=O) groups excluding carboxylic acids is 1. The van der Waals surface area contributed by atoms with Crippen LogP contribution in [-0.2, 0) is 11.2 Å². The van der Waals surface area contributed by atoms with Crippen LogP contribution in [0.1, 0.15) is 26.6 Å². The summed E-state index contributed by atoms with van der Waals surface area (Å²) in [6.45, 7) is 7.55. The lowest BCUT2D eigenvalue weighted by atomic mass is 10.4. The average Bonchev–Trinajstić information content (AvgIpc) is 2.87. The van der Waals surface area contributed by atoms with E-state index in [9.17, 15) is 4.79 Å². The summed E-state index contributed by atoms with van der Waals surface area (Å²) in [5.74, 6) is 1.56. The Balaban J connectivity index is 2.27. The summed E-state index contributed by atoms with van der Waals surface area (Å²) in [5, 5.41) is 15.5. The maximum atomic E-state index is 11.7.